The number of aromatic nitrogens is 3. The summed E-state index contributed by atoms with van der Waals surface area (Å²) in [6.07, 6.45) is 5.63. The highest BCUT2D eigenvalue weighted by atomic mass is 16.5. The maximum Gasteiger partial charge on any atom is 0.210 e. The van der Waals surface area contributed by atoms with Gasteiger partial charge in [0, 0.05) is 50.1 Å². The van der Waals surface area contributed by atoms with Crippen LogP contribution < -0.4 is 0 Å². The number of benzene rings is 1. The zero-order valence-electron chi connectivity index (χ0n) is 16.1. The topological polar surface area (TPSA) is 67.3 Å². The number of fused-ring (bicyclic) bond motifs is 1. The highest BCUT2D eigenvalue weighted by molar-refractivity contribution is 5.44. The van der Waals surface area contributed by atoms with E-state index < -0.39 is 0 Å². The maximum atomic E-state index is 9.11. The van der Waals surface area contributed by atoms with Gasteiger partial charge in [-0.3, -0.25) is 4.90 Å². The molecule has 0 saturated heterocycles. The number of β-amino-alcohol motifs (C(OH)–C–C–N with tert-alkyl or cyclic N) is 1. The normalized spacial score (nSPS) is 13.8. The van der Waals surface area contributed by atoms with Gasteiger partial charge in [-0.2, -0.15) is 0 Å². The first-order valence-corrected chi connectivity index (χ1v) is 9.68. The van der Waals surface area contributed by atoms with Gasteiger partial charge in [-0.1, -0.05) is 24.1 Å². The second-order valence-electron chi connectivity index (χ2n) is 6.99. The summed E-state index contributed by atoms with van der Waals surface area (Å²) in [6, 6.07) is 8.23. The monoisotopic (exact) mass is 376 g/mol. The van der Waals surface area contributed by atoms with Crippen molar-refractivity contribution in [2.45, 2.75) is 32.9 Å². The van der Waals surface area contributed by atoms with Gasteiger partial charge in [0.25, 0.3) is 0 Å². The fourth-order valence-corrected chi connectivity index (χ4v) is 3.57. The molecule has 6 heteroatoms. The van der Waals surface area contributed by atoms with Crippen molar-refractivity contribution in [3.05, 3.63) is 70.6 Å². The van der Waals surface area contributed by atoms with E-state index in [2.05, 4.69) is 50.5 Å². The molecule has 6 nitrogen and oxygen atoms in total. The molecule has 28 heavy (non-hydrogen) atoms. The maximum absolute atomic E-state index is 9.11. The lowest BCUT2D eigenvalue weighted by atomic mass is 9.97. The summed E-state index contributed by atoms with van der Waals surface area (Å²) in [5.74, 6) is 7.86. The third-order valence-electron chi connectivity index (χ3n) is 5.05. The Kier molecular flexibility index (Phi) is 5.56. The fraction of sp³-hybridized carbons (Fsp3) is 0.364. The van der Waals surface area contributed by atoms with Gasteiger partial charge in [0.1, 0.15) is 11.5 Å². The molecular weight excluding hydrogens is 352 g/mol. The van der Waals surface area contributed by atoms with E-state index in [9.17, 15) is 0 Å². The smallest absolute Gasteiger partial charge is 0.210 e. The molecule has 0 spiro atoms. The second kappa shape index (κ2) is 8.42. The largest absolute Gasteiger partial charge is 0.395 e. The van der Waals surface area contributed by atoms with Crippen LogP contribution in [0.4, 0.5) is 0 Å². The van der Waals surface area contributed by atoms with Crippen LogP contribution >= 0.6 is 0 Å². The van der Waals surface area contributed by atoms with Crippen LogP contribution in [0.5, 0.6) is 0 Å². The molecule has 0 unspecified atom stereocenters. The summed E-state index contributed by atoms with van der Waals surface area (Å²) >= 11 is 0. The van der Waals surface area contributed by atoms with Crippen LogP contribution in [0.1, 0.15) is 40.9 Å². The Labute approximate surface area is 164 Å². The standard InChI is InChI=1S/C22H24N4O2/c1-2-22-23-8-10-26(22)16-20-14-21(28-24-20)6-4-17-3-5-19-15-25(11-12-27)9-7-18(19)13-17/h3,5,8,10,13-14,27H,2,7,9,11-12,15-16H2,1H3. The molecule has 0 aliphatic carbocycles. The molecule has 0 saturated carbocycles. The van der Waals surface area contributed by atoms with Crippen LogP contribution in [0.25, 0.3) is 0 Å². The van der Waals surface area contributed by atoms with Crippen molar-refractivity contribution in [3.8, 4) is 11.8 Å². The molecule has 0 fully saturated rings. The Morgan fingerprint density at radius 2 is 2.14 bits per heavy atom. The van der Waals surface area contributed by atoms with Gasteiger partial charge in [0.2, 0.25) is 5.76 Å². The molecule has 0 amide bonds. The number of aliphatic hydroxyl groups is 1. The van der Waals surface area contributed by atoms with Crippen molar-refractivity contribution < 1.29 is 9.63 Å². The first kappa shape index (κ1) is 18.5. The van der Waals surface area contributed by atoms with Crippen molar-refractivity contribution in [1.82, 2.24) is 19.6 Å². The van der Waals surface area contributed by atoms with Gasteiger partial charge < -0.3 is 14.2 Å². The molecule has 3 heterocycles. The van der Waals surface area contributed by atoms with Gasteiger partial charge in [-0.15, -0.1) is 0 Å². The predicted molar refractivity (Wildman–Crippen MR) is 106 cm³/mol. The molecule has 3 aromatic rings. The van der Waals surface area contributed by atoms with E-state index in [1.807, 2.05) is 18.3 Å². The first-order valence-electron chi connectivity index (χ1n) is 9.68. The van der Waals surface area contributed by atoms with Gasteiger partial charge in [0.05, 0.1) is 13.2 Å². The van der Waals surface area contributed by atoms with Gasteiger partial charge in [0.15, 0.2) is 0 Å². The van der Waals surface area contributed by atoms with Crippen LogP contribution in [-0.4, -0.2) is 44.4 Å². The highest BCUT2D eigenvalue weighted by Gasteiger charge is 2.15. The lowest BCUT2D eigenvalue weighted by Gasteiger charge is -2.28. The Hall–Kier alpha value is -2.88. The average Bonchev–Trinajstić information content (AvgIpc) is 3.36. The molecule has 0 bridgehead atoms. The summed E-state index contributed by atoms with van der Waals surface area (Å²) in [7, 11) is 0. The fourth-order valence-electron chi connectivity index (χ4n) is 3.57. The molecule has 0 atom stereocenters. The molecule has 144 valence electrons. The van der Waals surface area contributed by atoms with Crippen LogP contribution in [0.3, 0.4) is 0 Å². The van der Waals surface area contributed by atoms with Gasteiger partial charge >= 0.3 is 0 Å². The number of aryl methyl sites for hydroxylation is 1. The van der Waals surface area contributed by atoms with Crippen molar-refractivity contribution in [1.29, 1.82) is 0 Å². The zero-order valence-corrected chi connectivity index (χ0v) is 16.1. The summed E-state index contributed by atoms with van der Waals surface area (Å²) in [4.78, 5) is 6.60. The van der Waals surface area contributed by atoms with E-state index in [1.165, 1.54) is 11.1 Å². The Morgan fingerprint density at radius 1 is 1.21 bits per heavy atom. The number of hydrogen-bond acceptors (Lipinski definition) is 5. The van der Waals surface area contributed by atoms with Crippen molar-refractivity contribution in [2.24, 2.45) is 0 Å². The average molecular weight is 376 g/mol. The second-order valence-corrected chi connectivity index (χ2v) is 6.99. The van der Waals surface area contributed by atoms with E-state index in [1.54, 1.807) is 6.20 Å². The van der Waals surface area contributed by atoms with Crippen LogP contribution in [0.15, 0.2) is 41.2 Å². The van der Waals surface area contributed by atoms with Crippen LogP contribution in [0, 0.1) is 11.8 Å². The van der Waals surface area contributed by atoms with Crippen LogP contribution in [0.2, 0.25) is 0 Å². The molecule has 1 aliphatic heterocycles. The SMILES string of the molecule is CCc1nccn1Cc1cc(C#Cc2ccc3c(c2)CCN(CCO)C3)on1. The minimum Gasteiger partial charge on any atom is -0.395 e. The summed E-state index contributed by atoms with van der Waals surface area (Å²) in [6.45, 7) is 5.53. The van der Waals surface area contributed by atoms with E-state index >= 15 is 0 Å². The minimum atomic E-state index is 0.207. The molecule has 4 rings (SSSR count). The summed E-state index contributed by atoms with van der Waals surface area (Å²) in [5, 5.41) is 13.2. The molecule has 0 radical (unpaired) electrons. The van der Waals surface area contributed by atoms with E-state index in [0.29, 0.717) is 12.3 Å². The van der Waals surface area contributed by atoms with Crippen molar-refractivity contribution >= 4 is 0 Å². The Bertz CT molecular complexity index is 1010. The number of rotatable bonds is 5. The van der Waals surface area contributed by atoms with E-state index in [4.69, 9.17) is 9.63 Å². The molecular formula is C22H24N4O2. The third kappa shape index (κ3) is 4.16. The van der Waals surface area contributed by atoms with E-state index in [-0.39, 0.29) is 6.61 Å². The Balaban J connectivity index is 1.44. The first-order chi connectivity index (χ1) is 13.7. The zero-order chi connectivity index (χ0) is 19.3. The van der Waals surface area contributed by atoms with Crippen LogP contribution in [-0.2, 0) is 25.9 Å². The van der Waals surface area contributed by atoms with Crippen molar-refractivity contribution in [2.75, 3.05) is 19.7 Å². The minimum absolute atomic E-state index is 0.207. The quantitative estimate of drug-likeness (QED) is 0.692. The van der Waals surface area contributed by atoms with Crippen molar-refractivity contribution in [3.63, 3.8) is 0 Å². The number of nitrogens with zero attached hydrogens (tertiary/aromatic N) is 4. The lowest BCUT2D eigenvalue weighted by molar-refractivity contribution is 0.184. The highest BCUT2D eigenvalue weighted by Crippen LogP contribution is 2.20. The Morgan fingerprint density at radius 3 is 3.00 bits per heavy atom. The summed E-state index contributed by atoms with van der Waals surface area (Å²) in [5.41, 5.74) is 4.48. The number of hydrogen-bond donors (Lipinski definition) is 1. The number of imidazole rings is 1. The third-order valence-corrected chi connectivity index (χ3v) is 5.05. The molecule has 1 N–H and O–H groups in total. The van der Waals surface area contributed by atoms with E-state index in [0.717, 1.165) is 49.6 Å². The number of aliphatic hydroxyl groups excluding tert-OH is 1. The lowest BCUT2D eigenvalue weighted by Crippen LogP contribution is -2.32. The molecule has 2 aromatic heterocycles. The predicted octanol–water partition coefficient (Wildman–Crippen LogP) is 2.23. The van der Waals surface area contributed by atoms with Gasteiger partial charge in [-0.05, 0) is 35.6 Å². The molecule has 1 aromatic carbocycles. The van der Waals surface area contributed by atoms with Gasteiger partial charge in [-0.25, -0.2) is 4.98 Å². The molecule has 1 aliphatic rings. The summed E-state index contributed by atoms with van der Waals surface area (Å²) < 4.78 is 7.44.